The van der Waals surface area contributed by atoms with Crippen molar-refractivity contribution in [3.05, 3.63) is 45.2 Å². The summed E-state index contributed by atoms with van der Waals surface area (Å²) in [4.78, 5) is 21.8. The van der Waals surface area contributed by atoms with E-state index in [4.69, 9.17) is 0 Å². The molecule has 2 N–H and O–H groups in total. The van der Waals surface area contributed by atoms with Gasteiger partial charge in [0.1, 0.15) is 5.75 Å². The zero-order chi connectivity index (χ0) is 15.4. The molecule has 9 heteroatoms. The van der Waals surface area contributed by atoms with Crippen molar-refractivity contribution in [3.63, 3.8) is 0 Å². The van der Waals surface area contributed by atoms with Gasteiger partial charge in [0.25, 0.3) is 5.69 Å². The van der Waals surface area contributed by atoms with E-state index < -0.39 is 4.92 Å². The molecule has 0 saturated heterocycles. The summed E-state index contributed by atoms with van der Waals surface area (Å²) in [6, 6.07) is 3.43. The summed E-state index contributed by atoms with van der Waals surface area (Å²) in [6.45, 7) is 0.354. The van der Waals surface area contributed by atoms with E-state index in [1.807, 2.05) is 0 Å². The molecule has 21 heavy (non-hydrogen) atoms. The lowest BCUT2D eigenvalue weighted by molar-refractivity contribution is -0.384. The summed E-state index contributed by atoms with van der Waals surface area (Å²) in [5.74, 6) is -0.604. The molecule has 1 aromatic carbocycles. The van der Waals surface area contributed by atoms with Gasteiger partial charge in [0.2, 0.25) is 5.91 Å². The number of aromatic hydroxyl groups is 1. The highest BCUT2D eigenvalue weighted by molar-refractivity contribution is 9.10. The van der Waals surface area contributed by atoms with Crippen LogP contribution in [0.2, 0.25) is 0 Å². The smallest absolute Gasteiger partial charge is 0.271 e. The Morgan fingerprint density at radius 3 is 2.90 bits per heavy atom. The second kappa shape index (κ2) is 6.35. The number of amides is 1. The topological polar surface area (TPSA) is 110 Å². The Balaban J connectivity index is 1.99. The molecule has 0 aliphatic rings. The molecular weight excluding hydrogens is 344 g/mol. The Hall–Kier alpha value is -2.42. The van der Waals surface area contributed by atoms with Gasteiger partial charge in [-0.1, -0.05) is 0 Å². The van der Waals surface area contributed by atoms with Crippen LogP contribution in [0, 0.1) is 10.1 Å². The van der Waals surface area contributed by atoms with Crippen molar-refractivity contribution in [2.45, 2.75) is 13.0 Å². The van der Waals surface area contributed by atoms with E-state index in [9.17, 15) is 20.0 Å². The lowest BCUT2D eigenvalue weighted by Crippen LogP contribution is -2.15. The number of rotatable bonds is 5. The number of nitrogens with one attached hydrogen (secondary N) is 1. The molecule has 0 unspecified atom stereocenters. The molecular formula is C12H11BrN4O4. The van der Waals surface area contributed by atoms with Crippen molar-refractivity contribution in [2.24, 2.45) is 0 Å². The molecule has 2 aromatic rings. The number of non-ortho nitro benzene ring substituents is 1. The maximum atomic E-state index is 11.8. The van der Waals surface area contributed by atoms with Crippen LogP contribution in [-0.2, 0) is 11.3 Å². The standard InChI is InChI=1S/C12H11BrN4O4/c13-8-6-14-16(7-8)4-3-12(19)15-10-5-9(17(20)21)1-2-11(10)18/h1-2,5-7,18H,3-4H2,(H,15,19). The summed E-state index contributed by atoms with van der Waals surface area (Å²) in [5, 5.41) is 26.7. The van der Waals surface area contributed by atoms with Crippen LogP contribution < -0.4 is 5.32 Å². The normalized spacial score (nSPS) is 10.3. The third kappa shape index (κ3) is 4.02. The summed E-state index contributed by atoms with van der Waals surface area (Å²) < 4.78 is 2.39. The van der Waals surface area contributed by atoms with Crippen LogP contribution in [0.15, 0.2) is 35.1 Å². The lowest BCUT2D eigenvalue weighted by Gasteiger charge is -2.07. The minimum atomic E-state index is -0.601. The average Bonchev–Trinajstić information content (AvgIpc) is 2.84. The van der Waals surface area contributed by atoms with Gasteiger partial charge in [-0.15, -0.1) is 0 Å². The fraction of sp³-hybridized carbons (Fsp3) is 0.167. The van der Waals surface area contributed by atoms with Crippen LogP contribution in [0.25, 0.3) is 0 Å². The number of aryl methyl sites for hydroxylation is 1. The molecule has 0 fully saturated rings. The average molecular weight is 355 g/mol. The molecule has 0 atom stereocenters. The maximum absolute atomic E-state index is 11.8. The van der Waals surface area contributed by atoms with E-state index in [1.165, 1.54) is 6.07 Å². The van der Waals surface area contributed by atoms with Gasteiger partial charge in [0, 0.05) is 31.3 Å². The fourth-order valence-corrected chi connectivity index (χ4v) is 1.96. The van der Waals surface area contributed by atoms with E-state index >= 15 is 0 Å². The van der Waals surface area contributed by atoms with Crippen LogP contribution in [-0.4, -0.2) is 25.7 Å². The Morgan fingerprint density at radius 1 is 1.52 bits per heavy atom. The zero-order valence-corrected chi connectivity index (χ0v) is 12.3. The summed E-state index contributed by atoms with van der Waals surface area (Å²) in [5.41, 5.74) is -0.199. The zero-order valence-electron chi connectivity index (χ0n) is 10.7. The monoisotopic (exact) mass is 354 g/mol. The van der Waals surface area contributed by atoms with Crippen molar-refractivity contribution in [2.75, 3.05) is 5.32 Å². The van der Waals surface area contributed by atoms with Gasteiger partial charge in [-0.3, -0.25) is 19.6 Å². The Labute approximate surface area is 127 Å². The van der Waals surface area contributed by atoms with Gasteiger partial charge in [-0.25, -0.2) is 0 Å². The molecule has 1 aromatic heterocycles. The van der Waals surface area contributed by atoms with E-state index in [1.54, 1.807) is 17.1 Å². The Bertz CT molecular complexity index is 686. The third-order valence-electron chi connectivity index (χ3n) is 2.63. The van der Waals surface area contributed by atoms with E-state index in [0.717, 1.165) is 16.6 Å². The van der Waals surface area contributed by atoms with Crippen LogP contribution in [0.4, 0.5) is 11.4 Å². The van der Waals surface area contributed by atoms with Gasteiger partial charge in [0.15, 0.2) is 0 Å². The number of hydrogen-bond donors (Lipinski definition) is 2. The molecule has 2 rings (SSSR count). The summed E-state index contributed by atoms with van der Waals surface area (Å²) >= 11 is 3.24. The highest BCUT2D eigenvalue weighted by atomic mass is 79.9. The lowest BCUT2D eigenvalue weighted by atomic mass is 10.2. The van der Waals surface area contributed by atoms with Gasteiger partial charge in [0.05, 0.1) is 21.3 Å². The highest BCUT2D eigenvalue weighted by Crippen LogP contribution is 2.27. The number of nitrogens with zero attached hydrogens (tertiary/aromatic N) is 3. The first-order valence-electron chi connectivity index (χ1n) is 5.91. The number of phenolic OH excluding ortho intramolecular Hbond substituents is 1. The minimum Gasteiger partial charge on any atom is -0.506 e. The van der Waals surface area contributed by atoms with Crippen molar-refractivity contribution < 1.29 is 14.8 Å². The Morgan fingerprint density at radius 2 is 2.29 bits per heavy atom. The second-order valence-electron chi connectivity index (χ2n) is 4.18. The number of hydrogen-bond acceptors (Lipinski definition) is 5. The molecule has 8 nitrogen and oxygen atoms in total. The molecule has 0 saturated carbocycles. The predicted molar refractivity (Wildman–Crippen MR) is 77.9 cm³/mol. The molecule has 0 radical (unpaired) electrons. The van der Waals surface area contributed by atoms with Crippen molar-refractivity contribution in [1.82, 2.24) is 9.78 Å². The van der Waals surface area contributed by atoms with Crippen LogP contribution in [0.3, 0.4) is 0 Å². The number of carbonyl (C=O) groups is 1. The largest absolute Gasteiger partial charge is 0.506 e. The van der Waals surface area contributed by atoms with E-state index in [-0.39, 0.29) is 29.5 Å². The van der Waals surface area contributed by atoms with Crippen LogP contribution in [0.1, 0.15) is 6.42 Å². The van der Waals surface area contributed by atoms with Crippen molar-refractivity contribution >= 4 is 33.2 Å². The van der Waals surface area contributed by atoms with Gasteiger partial charge in [-0.2, -0.15) is 5.10 Å². The first kappa shape index (κ1) is 15.0. The SMILES string of the molecule is O=C(CCn1cc(Br)cn1)Nc1cc([N+](=O)[O-])ccc1O. The highest BCUT2D eigenvalue weighted by Gasteiger charge is 2.12. The number of benzene rings is 1. The number of carbonyl (C=O) groups excluding carboxylic acids is 1. The quantitative estimate of drug-likeness (QED) is 0.486. The first-order valence-corrected chi connectivity index (χ1v) is 6.70. The molecule has 0 aliphatic carbocycles. The number of nitro groups is 1. The molecule has 110 valence electrons. The predicted octanol–water partition coefficient (Wildman–Crippen LogP) is 2.29. The number of nitro benzene ring substituents is 1. The summed E-state index contributed by atoms with van der Waals surface area (Å²) in [7, 11) is 0. The Kier molecular flexibility index (Phi) is 4.53. The number of halogens is 1. The van der Waals surface area contributed by atoms with Crippen LogP contribution in [0.5, 0.6) is 5.75 Å². The van der Waals surface area contributed by atoms with Gasteiger partial charge in [-0.05, 0) is 22.0 Å². The summed E-state index contributed by atoms with van der Waals surface area (Å²) in [6.07, 6.45) is 3.44. The maximum Gasteiger partial charge on any atom is 0.271 e. The van der Waals surface area contributed by atoms with Crippen molar-refractivity contribution in [3.8, 4) is 5.75 Å². The van der Waals surface area contributed by atoms with Crippen molar-refractivity contribution in [1.29, 1.82) is 0 Å². The molecule has 1 heterocycles. The van der Waals surface area contributed by atoms with Crippen LogP contribution >= 0.6 is 15.9 Å². The minimum absolute atomic E-state index is 0.0100. The van der Waals surface area contributed by atoms with E-state index in [0.29, 0.717) is 6.54 Å². The fourth-order valence-electron chi connectivity index (χ4n) is 1.63. The number of aromatic nitrogens is 2. The second-order valence-corrected chi connectivity index (χ2v) is 5.09. The molecule has 0 spiro atoms. The van der Waals surface area contributed by atoms with Gasteiger partial charge >= 0.3 is 0 Å². The first-order chi connectivity index (χ1) is 9.95. The third-order valence-corrected chi connectivity index (χ3v) is 3.04. The van der Waals surface area contributed by atoms with Gasteiger partial charge < -0.3 is 10.4 Å². The molecule has 1 amide bonds. The molecule has 0 aliphatic heterocycles. The number of anilines is 1. The number of phenols is 1. The van der Waals surface area contributed by atoms with E-state index in [2.05, 4.69) is 26.3 Å². The molecule has 0 bridgehead atoms.